The first-order chi connectivity index (χ1) is 11.6. The number of methoxy groups -OCH3 is 1. The monoisotopic (exact) mass is 325 g/mol. The van der Waals surface area contributed by atoms with E-state index in [0.29, 0.717) is 12.2 Å². The molecule has 24 heavy (non-hydrogen) atoms. The second-order valence-electron chi connectivity index (χ2n) is 5.42. The summed E-state index contributed by atoms with van der Waals surface area (Å²) in [5.74, 6) is 1.53. The smallest absolute Gasteiger partial charge is 0.187 e. The van der Waals surface area contributed by atoms with Crippen molar-refractivity contribution in [1.29, 1.82) is 0 Å². The first-order valence-electron chi connectivity index (χ1n) is 7.99. The van der Waals surface area contributed by atoms with E-state index in [0.717, 1.165) is 29.3 Å². The van der Waals surface area contributed by atoms with Crippen LogP contribution in [0, 0.1) is 0 Å². The van der Waals surface area contributed by atoms with Gasteiger partial charge in [-0.25, -0.2) is 0 Å². The summed E-state index contributed by atoms with van der Waals surface area (Å²) in [5.41, 5.74) is 2.31. The maximum absolute atomic E-state index is 12.2. The Kier molecular flexibility index (Phi) is 6.43. The number of carbonyl (C=O) groups is 1. The highest BCUT2D eigenvalue weighted by Gasteiger charge is 2.04. The molecule has 2 rings (SSSR count). The van der Waals surface area contributed by atoms with E-state index >= 15 is 0 Å². The number of anilines is 1. The SMILES string of the molecule is CCCOc1ccc(NC(C)=CC(=O)c2ccc(OC)cc2)cc1. The largest absolute Gasteiger partial charge is 0.497 e. The molecule has 0 aliphatic rings. The van der Waals surface area contributed by atoms with Crippen molar-refractivity contribution in [2.75, 3.05) is 19.0 Å². The van der Waals surface area contributed by atoms with Crippen LogP contribution in [0.4, 0.5) is 5.69 Å². The first-order valence-corrected chi connectivity index (χ1v) is 7.99. The molecule has 0 bridgehead atoms. The Morgan fingerprint density at radius 1 is 1.04 bits per heavy atom. The Bertz CT molecular complexity index is 688. The molecule has 0 radical (unpaired) electrons. The highest BCUT2D eigenvalue weighted by atomic mass is 16.5. The molecule has 4 nitrogen and oxygen atoms in total. The molecule has 4 heteroatoms. The topological polar surface area (TPSA) is 47.6 Å². The lowest BCUT2D eigenvalue weighted by Gasteiger charge is -2.09. The summed E-state index contributed by atoms with van der Waals surface area (Å²) in [7, 11) is 1.60. The Morgan fingerprint density at radius 3 is 2.25 bits per heavy atom. The predicted molar refractivity (Wildman–Crippen MR) is 96.9 cm³/mol. The van der Waals surface area contributed by atoms with Crippen LogP contribution in [-0.4, -0.2) is 19.5 Å². The molecule has 0 saturated carbocycles. The van der Waals surface area contributed by atoms with Gasteiger partial charge in [0.15, 0.2) is 5.78 Å². The third kappa shape index (κ3) is 5.16. The third-order valence-electron chi connectivity index (χ3n) is 3.39. The molecule has 0 fully saturated rings. The Morgan fingerprint density at radius 2 is 1.67 bits per heavy atom. The normalized spacial score (nSPS) is 11.0. The summed E-state index contributed by atoms with van der Waals surface area (Å²) < 4.78 is 10.6. The minimum absolute atomic E-state index is 0.0504. The number of rotatable bonds is 8. The van der Waals surface area contributed by atoms with Crippen LogP contribution in [0.1, 0.15) is 30.6 Å². The summed E-state index contributed by atoms with van der Waals surface area (Å²) in [6.07, 6.45) is 2.57. The summed E-state index contributed by atoms with van der Waals surface area (Å²) in [5, 5.41) is 3.21. The molecule has 2 aromatic rings. The van der Waals surface area contributed by atoms with Crippen molar-refractivity contribution in [2.24, 2.45) is 0 Å². The van der Waals surface area contributed by atoms with Crippen molar-refractivity contribution in [3.05, 3.63) is 65.9 Å². The average Bonchev–Trinajstić information content (AvgIpc) is 2.61. The molecule has 2 aromatic carbocycles. The summed E-state index contributed by atoms with van der Waals surface area (Å²) in [4.78, 5) is 12.2. The van der Waals surface area contributed by atoms with Crippen molar-refractivity contribution >= 4 is 11.5 Å². The van der Waals surface area contributed by atoms with Crippen molar-refractivity contribution in [2.45, 2.75) is 20.3 Å². The van der Waals surface area contributed by atoms with Gasteiger partial charge in [0.25, 0.3) is 0 Å². The number of allylic oxidation sites excluding steroid dienone is 2. The molecule has 0 aliphatic carbocycles. The zero-order valence-corrected chi connectivity index (χ0v) is 14.3. The summed E-state index contributed by atoms with van der Waals surface area (Å²) >= 11 is 0. The lowest BCUT2D eigenvalue weighted by atomic mass is 10.1. The van der Waals surface area contributed by atoms with Gasteiger partial charge in [-0.1, -0.05) is 6.92 Å². The van der Waals surface area contributed by atoms with Gasteiger partial charge >= 0.3 is 0 Å². The molecule has 0 amide bonds. The van der Waals surface area contributed by atoms with E-state index in [4.69, 9.17) is 9.47 Å². The van der Waals surface area contributed by atoms with Crippen LogP contribution in [0.2, 0.25) is 0 Å². The fraction of sp³-hybridized carbons (Fsp3) is 0.250. The standard InChI is InChI=1S/C20H23NO3/c1-4-13-24-19-11-7-17(8-12-19)21-15(2)14-20(22)16-5-9-18(23-3)10-6-16/h5-12,14,21H,4,13H2,1-3H3. The van der Waals surface area contributed by atoms with Crippen LogP contribution in [0.15, 0.2) is 60.3 Å². The van der Waals surface area contributed by atoms with Crippen molar-refractivity contribution in [1.82, 2.24) is 0 Å². The number of carbonyl (C=O) groups excluding carboxylic acids is 1. The molecule has 0 unspecified atom stereocenters. The Labute approximate surface area is 143 Å². The molecular weight excluding hydrogens is 302 g/mol. The van der Waals surface area contributed by atoms with Crippen LogP contribution >= 0.6 is 0 Å². The molecule has 0 saturated heterocycles. The molecule has 0 atom stereocenters. The molecule has 0 aromatic heterocycles. The van der Waals surface area contributed by atoms with Crippen LogP contribution in [0.5, 0.6) is 11.5 Å². The summed E-state index contributed by atoms with van der Waals surface area (Å²) in [6, 6.07) is 14.8. The maximum Gasteiger partial charge on any atom is 0.187 e. The first kappa shape index (κ1) is 17.6. The molecule has 126 valence electrons. The minimum atomic E-state index is -0.0504. The number of ketones is 1. The van der Waals surface area contributed by atoms with Crippen LogP contribution in [0.25, 0.3) is 0 Å². The van der Waals surface area contributed by atoms with Gasteiger partial charge < -0.3 is 14.8 Å². The van der Waals surface area contributed by atoms with Crippen LogP contribution in [-0.2, 0) is 0 Å². The van der Waals surface area contributed by atoms with E-state index in [-0.39, 0.29) is 5.78 Å². The van der Waals surface area contributed by atoms with Gasteiger partial charge in [0.2, 0.25) is 0 Å². The third-order valence-corrected chi connectivity index (χ3v) is 3.39. The van der Waals surface area contributed by atoms with E-state index in [9.17, 15) is 4.79 Å². The minimum Gasteiger partial charge on any atom is -0.497 e. The van der Waals surface area contributed by atoms with Gasteiger partial charge in [-0.05, 0) is 61.9 Å². The molecule has 1 N–H and O–H groups in total. The highest BCUT2D eigenvalue weighted by Crippen LogP contribution is 2.18. The summed E-state index contributed by atoms with van der Waals surface area (Å²) in [6.45, 7) is 4.65. The van der Waals surface area contributed by atoms with E-state index < -0.39 is 0 Å². The van der Waals surface area contributed by atoms with Crippen LogP contribution < -0.4 is 14.8 Å². The zero-order valence-electron chi connectivity index (χ0n) is 14.3. The Hall–Kier alpha value is -2.75. The fourth-order valence-corrected chi connectivity index (χ4v) is 2.15. The van der Waals surface area contributed by atoms with Crippen LogP contribution in [0.3, 0.4) is 0 Å². The van der Waals surface area contributed by atoms with Gasteiger partial charge in [0, 0.05) is 23.0 Å². The Balaban J connectivity index is 1.98. The second kappa shape index (κ2) is 8.77. The van der Waals surface area contributed by atoms with Crippen molar-refractivity contribution < 1.29 is 14.3 Å². The number of nitrogens with one attached hydrogen (secondary N) is 1. The van der Waals surface area contributed by atoms with Crippen molar-refractivity contribution in [3.8, 4) is 11.5 Å². The van der Waals surface area contributed by atoms with Crippen molar-refractivity contribution in [3.63, 3.8) is 0 Å². The highest BCUT2D eigenvalue weighted by molar-refractivity contribution is 6.05. The number of hydrogen-bond donors (Lipinski definition) is 1. The molecule has 0 aliphatic heterocycles. The number of hydrogen-bond acceptors (Lipinski definition) is 4. The maximum atomic E-state index is 12.2. The fourth-order valence-electron chi connectivity index (χ4n) is 2.15. The lowest BCUT2D eigenvalue weighted by Crippen LogP contribution is -2.01. The van der Waals surface area contributed by atoms with Gasteiger partial charge in [-0.2, -0.15) is 0 Å². The molecule has 0 spiro atoms. The quantitative estimate of drug-likeness (QED) is 0.565. The lowest BCUT2D eigenvalue weighted by molar-refractivity contribution is 0.104. The predicted octanol–water partition coefficient (Wildman–Crippen LogP) is 4.68. The van der Waals surface area contributed by atoms with E-state index in [1.165, 1.54) is 0 Å². The van der Waals surface area contributed by atoms with E-state index in [1.54, 1.807) is 37.5 Å². The van der Waals surface area contributed by atoms with Gasteiger partial charge in [-0.3, -0.25) is 4.79 Å². The van der Waals surface area contributed by atoms with Gasteiger partial charge in [0.1, 0.15) is 11.5 Å². The average molecular weight is 325 g/mol. The molecule has 0 heterocycles. The van der Waals surface area contributed by atoms with E-state index in [1.807, 2.05) is 31.2 Å². The number of ether oxygens (including phenoxy) is 2. The van der Waals surface area contributed by atoms with Gasteiger partial charge in [0.05, 0.1) is 13.7 Å². The second-order valence-corrected chi connectivity index (χ2v) is 5.42. The molecular formula is C20H23NO3. The van der Waals surface area contributed by atoms with Gasteiger partial charge in [-0.15, -0.1) is 0 Å². The van der Waals surface area contributed by atoms with E-state index in [2.05, 4.69) is 12.2 Å². The zero-order chi connectivity index (χ0) is 17.4. The number of benzene rings is 2.